The summed E-state index contributed by atoms with van der Waals surface area (Å²) in [7, 11) is 0. The van der Waals surface area contributed by atoms with Crippen molar-refractivity contribution in [3.05, 3.63) is 58.0 Å². The molecule has 2 aromatic rings. The van der Waals surface area contributed by atoms with E-state index in [4.69, 9.17) is 4.74 Å². The first kappa shape index (κ1) is 15.2. The minimum absolute atomic E-state index is 0.287. The minimum atomic E-state index is -0.527. The number of thiophene rings is 1. The quantitative estimate of drug-likeness (QED) is 0.834. The van der Waals surface area contributed by atoms with Crippen LogP contribution in [0, 0.1) is 5.82 Å². The van der Waals surface area contributed by atoms with Gasteiger partial charge in [-0.05, 0) is 29.5 Å². The molecule has 0 bridgehead atoms. The van der Waals surface area contributed by atoms with E-state index in [1.54, 1.807) is 35.0 Å². The molecule has 0 fully saturated rings. The van der Waals surface area contributed by atoms with Crippen LogP contribution < -0.4 is 5.32 Å². The predicted octanol–water partition coefficient (Wildman–Crippen LogP) is 2.40. The standard InChI is InChI=1S/C15H14FNO3S/c16-13-4-2-1-3-11(13)5-7-17-14(18)9-20-15(19)12-6-8-21-10-12/h1-4,6,8,10H,5,7,9H2,(H,17,18). The number of amides is 1. The van der Waals surface area contributed by atoms with Crippen molar-refractivity contribution in [1.29, 1.82) is 0 Å². The molecular weight excluding hydrogens is 293 g/mol. The van der Waals surface area contributed by atoms with E-state index in [1.807, 2.05) is 0 Å². The second kappa shape index (κ2) is 7.54. The number of ether oxygens (including phenoxy) is 1. The fourth-order valence-electron chi connectivity index (χ4n) is 1.68. The number of benzene rings is 1. The largest absolute Gasteiger partial charge is 0.452 e. The number of rotatable bonds is 6. The van der Waals surface area contributed by atoms with Gasteiger partial charge < -0.3 is 10.1 Å². The number of carbonyl (C=O) groups is 2. The Bertz CT molecular complexity index is 613. The molecule has 0 atom stereocenters. The maximum absolute atomic E-state index is 13.3. The SMILES string of the molecule is O=C(COC(=O)c1ccsc1)NCCc1ccccc1F. The number of halogens is 1. The van der Waals surface area contributed by atoms with Crippen LogP contribution in [-0.2, 0) is 16.0 Å². The first-order valence-electron chi connectivity index (χ1n) is 6.36. The van der Waals surface area contributed by atoms with Gasteiger partial charge in [0, 0.05) is 11.9 Å². The summed E-state index contributed by atoms with van der Waals surface area (Å²) in [5, 5.41) is 5.99. The van der Waals surface area contributed by atoms with E-state index in [1.165, 1.54) is 17.4 Å². The predicted molar refractivity (Wildman–Crippen MR) is 77.7 cm³/mol. The van der Waals surface area contributed by atoms with Gasteiger partial charge in [-0.3, -0.25) is 4.79 Å². The van der Waals surface area contributed by atoms with Crippen LogP contribution in [0.1, 0.15) is 15.9 Å². The van der Waals surface area contributed by atoms with Crippen LogP contribution >= 0.6 is 11.3 Å². The molecule has 1 amide bonds. The molecule has 1 aromatic heterocycles. The highest BCUT2D eigenvalue weighted by atomic mass is 32.1. The molecule has 0 aliphatic carbocycles. The summed E-state index contributed by atoms with van der Waals surface area (Å²) in [6.45, 7) is -0.0538. The van der Waals surface area contributed by atoms with Crippen LogP contribution in [0.4, 0.5) is 4.39 Å². The zero-order valence-corrected chi connectivity index (χ0v) is 12.0. The summed E-state index contributed by atoms with van der Waals surface area (Å²) in [4.78, 5) is 23.0. The molecule has 0 aliphatic rings. The Morgan fingerprint density at radius 1 is 1.24 bits per heavy atom. The molecule has 0 saturated carbocycles. The summed E-state index contributed by atoms with van der Waals surface area (Å²) >= 11 is 1.38. The van der Waals surface area contributed by atoms with Crippen LogP contribution in [0.15, 0.2) is 41.1 Å². The van der Waals surface area contributed by atoms with Gasteiger partial charge in [0.2, 0.25) is 0 Å². The van der Waals surface area contributed by atoms with Crippen LogP contribution in [0.2, 0.25) is 0 Å². The average Bonchev–Trinajstić information content (AvgIpc) is 3.01. The Labute approximate surface area is 125 Å². The van der Waals surface area contributed by atoms with Gasteiger partial charge in [0.05, 0.1) is 5.56 Å². The first-order chi connectivity index (χ1) is 10.2. The molecule has 1 heterocycles. The highest BCUT2D eigenvalue weighted by Crippen LogP contribution is 2.07. The van der Waals surface area contributed by atoms with Crippen molar-refractivity contribution in [3.8, 4) is 0 Å². The van der Waals surface area contributed by atoms with Gasteiger partial charge in [-0.15, -0.1) is 0 Å². The normalized spacial score (nSPS) is 10.1. The minimum Gasteiger partial charge on any atom is -0.452 e. The highest BCUT2D eigenvalue weighted by Gasteiger charge is 2.10. The van der Waals surface area contributed by atoms with E-state index in [9.17, 15) is 14.0 Å². The maximum atomic E-state index is 13.3. The third kappa shape index (κ3) is 4.68. The van der Waals surface area contributed by atoms with Crippen LogP contribution in [0.3, 0.4) is 0 Å². The summed E-state index contributed by atoms with van der Waals surface area (Å²) in [6.07, 6.45) is 0.386. The molecule has 6 heteroatoms. The van der Waals surface area contributed by atoms with E-state index in [0.717, 1.165) is 0 Å². The number of nitrogens with one attached hydrogen (secondary N) is 1. The third-order valence-electron chi connectivity index (χ3n) is 2.77. The zero-order chi connectivity index (χ0) is 15.1. The van der Waals surface area contributed by atoms with E-state index in [2.05, 4.69) is 5.32 Å². The topological polar surface area (TPSA) is 55.4 Å². The molecule has 0 unspecified atom stereocenters. The summed E-state index contributed by atoms with van der Waals surface area (Å²) in [5.74, 6) is -1.23. The number of esters is 1. The van der Waals surface area contributed by atoms with E-state index in [0.29, 0.717) is 17.5 Å². The van der Waals surface area contributed by atoms with E-state index < -0.39 is 11.9 Å². The summed E-state index contributed by atoms with van der Waals surface area (Å²) in [5.41, 5.74) is 0.965. The van der Waals surface area contributed by atoms with E-state index in [-0.39, 0.29) is 19.0 Å². The Morgan fingerprint density at radius 3 is 2.76 bits per heavy atom. The molecule has 0 aliphatic heterocycles. The average molecular weight is 307 g/mol. The second-order valence-electron chi connectivity index (χ2n) is 4.28. The van der Waals surface area contributed by atoms with Crippen LogP contribution in [0.25, 0.3) is 0 Å². The Morgan fingerprint density at radius 2 is 2.05 bits per heavy atom. The molecule has 1 N–H and O–H groups in total. The molecule has 21 heavy (non-hydrogen) atoms. The molecule has 0 radical (unpaired) electrons. The lowest BCUT2D eigenvalue weighted by Gasteiger charge is -2.06. The van der Waals surface area contributed by atoms with Crippen molar-refractivity contribution in [2.45, 2.75) is 6.42 Å². The van der Waals surface area contributed by atoms with Gasteiger partial charge in [0.25, 0.3) is 5.91 Å². The Kier molecular flexibility index (Phi) is 5.45. The fourth-order valence-corrected chi connectivity index (χ4v) is 2.31. The third-order valence-corrected chi connectivity index (χ3v) is 3.45. The van der Waals surface area contributed by atoms with Crippen molar-refractivity contribution in [3.63, 3.8) is 0 Å². The van der Waals surface area contributed by atoms with Crippen molar-refractivity contribution in [2.24, 2.45) is 0 Å². The molecule has 110 valence electrons. The molecule has 0 spiro atoms. The molecule has 4 nitrogen and oxygen atoms in total. The molecule has 1 aromatic carbocycles. The summed E-state index contributed by atoms with van der Waals surface area (Å²) < 4.78 is 18.2. The van der Waals surface area contributed by atoms with Gasteiger partial charge in [-0.1, -0.05) is 18.2 Å². The summed E-state index contributed by atoms with van der Waals surface area (Å²) in [6, 6.07) is 8.02. The Balaban J connectivity index is 1.68. The van der Waals surface area contributed by atoms with Crippen LogP contribution in [0.5, 0.6) is 0 Å². The smallest absolute Gasteiger partial charge is 0.339 e. The van der Waals surface area contributed by atoms with Crippen molar-refractivity contribution in [2.75, 3.05) is 13.2 Å². The zero-order valence-electron chi connectivity index (χ0n) is 11.2. The molecular formula is C15H14FNO3S. The fraction of sp³-hybridized carbons (Fsp3) is 0.200. The molecule has 2 rings (SSSR count). The van der Waals surface area contributed by atoms with Gasteiger partial charge >= 0.3 is 5.97 Å². The highest BCUT2D eigenvalue weighted by molar-refractivity contribution is 7.08. The van der Waals surface area contributed by atoms with Crippen molar-refractivity contribution in [1.82, 2.24) is 5.32 Å². The van der Waals surface area contributed by atoms with Crippen LogP contribution in [-0.4, -0.2) is 25.0 Å². The first-order valence-corrected chi connectivity index (χ1v) is 7.30. The lowest BCUT2D eigenvalue weighted by atomic mass is 10.1. The van der Waals surface area contributed by atoms with Gasteiger partial charge in [-0.25, -0.2) is 9.18 Å². The van der Waals surface area contributed by atoms with Gasteiger partial charge in [0.15, 0.2) is 6.61 Å². The van der Waals surface area contributed by atoms with E-state index >= 15 is 0 Å². The lowest BCUT2D eigenvalue weighted by Crippen LogP contribution is -2.30. The Hall–Kier alpha value is -2.21. The molecule has 0 saturated heterocycles. The monoisotopic (exact) mass is 307 g/mol. The number of carbonyl (C=O) groups excluding carboxylic acids is 2. The van der Waals surface area contributed by atoms with Gasteiger partial charge in [0.1, 0.15) is 5.82 Å². The number of hydrogen-bond donors (Lipinski definition) is 1. The second-order valence-corrected chi connectivity index (χ2v) is 5.06. The maximum Gasteiger partial charge on any atom is 0.339 e. The van der Waals surface area contributed by atoms with Crippen molar-refractivity contribution < 1.29 is 18.7 Å². The lowest BCUT2D eigenvalue weighted by molar-refractivity contribution is -0.124. The van der Waals surface area contributed by atoms with Gasteiger partial charge in [-0.2, -0.15) is 11.3 Å². The van der Waals surface area contributed by atoms with Crippen molar-refractivity contribution >= 4 is 23.2 Å². The number of hydrogen-bond acceptors (Lipinski definition) is 4.